The molecule has 0 aromatic heterocycles. The molecule has 1 atom stereocenters. The Kier molecular flexibility index (Phi) is 2.89. The van der Waals surface area contributed by atoms with Crippen LogP contribution in [-0.2, 0) is 0 Å². The van der Waals surface area contributed by atoms with Gasteiger partial charge in [0.2, 0.25) is 0 Å². The predicted molar refractivity (Wildman–Crippen MR) is 55.7 cm³/mol. The first-order valence-electron chi connectivity index (χ1n) is 5.69. The highest BCUT2D eigenvalue weighted by Gasteiger charge is 2.30. The van der Waals surface area contributed by atoms with Crippen molar-refractivity contribution in [3.8, 4) is 0 Å². The van der Waals surface area contributed by atoms with Crippen molar-refractivity contribution in [3.05, 3.63) is 0 Å². The van der Waals surface area contributed by atoms with Crippen LogP contribution in [0.3, 0.4) is 0 Å². The Morgan fingerprint density at radius 2 is 2.15 bits per heavy atom. The minimum Gasteiger partial charge on any atom is -0.316 e. The Morgan fingerprint density at radius 3 is 2.69 bits per heavy atom. The van der Waals surface area contributed by atoms with E-state index < -0.39 is 0 Å². The predicted octanol–water partition coefficient (Wildman–Crippen LogP) is 1.18. The van der Waals surface area contributed by atoms with Crippen molar-refractivity contribution in [1.82, 2.24) is 10.2 Å². The lowest BCUT2D eigenvalue weighted by atomic mass is 9.87. The van der Waals surface area contributed by atoms with Gasteiger partial charge in [-0.3, -0.25) is 0 Å². The van der Waals surface area contributed by atoms with Crippen molar-refractivity contribution < 1.29 is 0 Å². The molecule has 0 amide bonds. The van der Waals surface area contributed by atoms with E-state index in [0.29, 0.717) is 0 Å². The normalized spacial score (nSPS) is 31.2. The van der Waals surface area contributed by atoms with Gasteiger partial charge in [0.1, 0.15) is 0 Å². The molecule has 1 N–H and O–H groups in total. The van der Waals surface area contributed by atoms with Crippen LogP contribution in [0.15, 0.2) is 0 Å². The third-order valence-electron chi connectivity index (χ3n) is 3.61. The number of likely N-dealkylation sites (tertiary alicyclic amines) is 1. The van der Waals surface area contributed by atoms with Crippen LogP contribution in [0.2, 0.25) is 0 Å². The Bertz CT molecular complexity index is 155. The van der Waals surface area contributed by atoms with Crippen molar-refractivity contribution in [2.45, 2.75) is 20.3 Å². The minimum absolute atomic E-state index is 0.887. The van der Waals surface area contributed by atoms with Crippen LogP contribution in [0.5, 0.6) is 0 Å². The Balaban J connectivity index is 1.63. The zero-order valence-corrected chi connectivity index (χ0v) is 8.92. The molecule has 0 radical (unpaired) electrons. The van der Waals surface area contributed by atoms with E-state index in [0.717, 1.165) is 17.8 Å². The SMILES string of the molecule is CC(C)C1CN(CC2CCNC2)C1. The van der Waals surface area contributed by atoms with Gasteiger partial charge in [-0.25, -0.2) is 0 Å². The fourth-order valence-corrected chi connectivity index (χ4v) is 2.42. The molecule has 13 heavy (non-hydrogen) atoms. The second-order valence-electron chi connectivity index (χ2n) is 5.08. The largest absolute Gasteiger partial charge is 0.316 e. The van der Waals surface area contributed by atoms with Crippen LogP contribution in [0.4, 0.5) is 0 Å². The summed E-state index contributed by atoms with van der Waals surface area (Å²) in [5, 5.41) is 3.43. The maximum absolute atomic E-state index is 3.43. The molecule has 2 fully saturated rings. The first-order valence-corrected chi connectivity index (χ1v) is 5.69. The molecule has 0 bridgehead atoms. The molecule has 2 heterocycles. The van der Waals surface area contributed by atoms with E-state index in [4.69, 9.17) is 0 Å². The summed E-state index contributed by atoms with van der Waals surface area (Å²) >= 11 is 0. The summed E-state index contributed by atoms with van der Waals surface area (Å²) in [4.78, 5) is 2.63. The molecular formula is C11H22N2. The molecule has 0 aliphatic carbocycles. The minimum atomic E-state index is 0.887. The van der Waals surface area contributed by atoms with Crippen LogP contribution in [-0.4, -0.2) is 37.6 Å². The van der Waals surface area contributed by atoms with Gasteiger partial charge in [-0.05, 0) is 37.3 Å². The van der Waals surface area contributed by atoms with Crippen molar-refractivity contribution in [3.63, 3.8) is 0 Å². The van der Waals surface area contributed by atoms with Gasteiger partial charge in [-0.1, -0.05) is 13.8 Å². The highest BCUT2D eigenvalue weighted by molar-refractivity contribution is 4.85. The summed E-state index contributed by atoms with van der Waals surface area (Å²) in [6.45, 7) is 11.2. The Labute approximate surface area is 81.7 Å². The van der Waals surface area contributed by atoms with E-state index in [1.807, 2.05) is 0 Å². The fraction of sp³-hybridized carbons (Fsp3) is 1.00. The molecule has 0 saturated carbocycles. The lowest BCUT2D eigenvalue weighted by Crippen LogP contribution is -2.50. The Morgan fingerprint density at radius 1 is 1.38 bits per heavy atom. The number of nitrogens with zero attached hydrogens (tertiary/aromatic N) is 1. The number of nitrogens with one attached hydrogen (secondary N) is 1. The monoisotopic (exact) mass is 182 g/mol. The quantitative estimate of drug-likeness (QED) is 0.705. The summed E-state index contributed by atoms with van der Waals surface area (Å²) in [5.41, 5.74) is 0. The first-order chi connectivity index (χ1) is 6.25. The van der Waals surface area contributed by atoms with Gasteiger partial charge < -0.3 is 10.2 Å². The van der Waals surface area contributed by atoms with Gasteiger partial charge in [0.05, 0.1) is 0 Å². The van der Waals surface area contributed by atoms with Gasteiger partial charge in [0.25, 0.3) is 0 Å². The maximum atomic E-state index is 3.43. The summed E-state index contributed by atoms with van der Waals surface area (Å²) in [7, 11) is 0. The van der Waals surface area contributed by atoms with E-state index in [9.17, 15) is 0 Å². The van der Waals surface area contributed by atoms with Crippen molar-refractivity contribution >= 4 is 0 Å². The molecule has 2 aliphatic rings. The number of hydrogen-bond donors (Lipinski definition) is 1. The lowest BCUT2D eigenvalue weighted by molar-refractivity contribution is 0.0558. The van der Waals surface area contributed by atoms with Crippen LogP contribution in [0.1, 0.15) is 20.3 Å². The van der Waals surface area contributed by atoms with Gasteiger partial charge in [-0.15, -0.1) is 0 Å². The van der Waals surface area contributed by atoms with Crippen molar-refractivity contribution in [1.29, 1.82) is 0 Å². The Hall–Kier alpha value is -0.0800. The molecule has 0 aromatic carbocycles. The average molecular weight is 182 g/mol. The molecule has 2 heteroatoms. The highest BCUT2D eigenvalue weighted by Crippen LogP contribution is 2.24. The molecule has 2 saturated heterocycles. The van der Waals surface area contributed by atoms with Crippen LogP contribution in [0.25, 0.3) is 0 Å². The van der Waals surface area contributed by atoms with Gasteiger partial charge in [0, 0.05) is 19.6 Å². The standard InChI is InChI=1S/C11H22N2/c1-9(2)11-7-13(8-11)6-10-3-4-12-5-10/h9-12H,3-8H2,1-2H3. The topological polar surface area (TPSA) is 15.3 Å². The van der Waals surface area contributed by atoms with E-state index in [1.54, 1.807) is 0 Å². The second kappa shape index (κ2) is 3.97. The van der Waals surface area contributed by atoms with E-state index in [-0.39, 0.29) is 0 Å². The van der Waals surface area contributed by atoms with Crippen LogP contribution >= 0.6 is 0 Å². The summed E-state index contributed by atoms with van der Waals surface area (Å²) in [6, 6.07) is 0. The molecule has 76 valence electrons. The van der Waals surface area contributed by atoms with E-state index >= 15 is 0 Å². The number of rotatable bonds is 3. The summed E-state index contributed by atoms with van der Waals surface area (Å²) in [6.07, 6.45) is 1.39. The lowest BCUT2D eigenvalue weighted by Gasteiger charge is -2.42. The van der Waals surface area contributed by atoms with Crippen LogP contribution < -0.4 is 5.32 Å². The molecule has 2 rings (SSSR count). The molecule has 0 aromatic rings. The zero-order chi connectivity index (χ0) is 9.26. The third kappa shape index (κ3) is 2.23. The third-order valence-corrected chi connectivity index (χ3v) is 3.61. The number of hydrogen-bond acceptors (Lipinski definition) is 2. The zero-order valence-electron chi connectivity index (χ0n) is 8.92. The van der Waals surface area contributed by atoms with Crippen molar-refractivity contribution in [2.75, 3.05) is 32.7 Å². The fourth-order valence-electron chi connectivity index (χ4n) is 2.42. The molecule has 2 aliphatic heterocycles. The smallest absolute Gasteiger partial charge is 0.00246 e. The van der Waals surface area contributed by atoms with E-state index in [2.05, 4.69) is 24.1 Å². The molecule has 1 unspecified atom stereocenters. The summed E-state index contributed by atoms with van der Waals surface area (Å²) in [5.74, 6) is 2.81. The summed E-state index contributed by atoms with van der Waals surface area (Å²) < 4.78 is 0. The van der Waals surface area contributed by atoms with Gasteiger partial charge >= 0.3 is 0 Å². The van der Waals surface area contributed by atoms with Crippen LogP contribution in [0, 0.1) is 17.8 Å². The molecular weight excluding hydrogens is 160 g/mol. The van der Waals surface area contributed by atoms with E-state index in [1.165, 1.54) is 39.1 Å². The molecule has 2 nitrogen and oxygen atoms in total. The van der Waals surface area contributed by atoms with Crippen molar-refractivity contribution in [2.24, 2.45) is 17.8 Å². The first kappa shape index (κ1) is 9.47. The van der Waals surface area contributed by atoms with Gasteiger partial charge in [-0.2, -0.15) is 0 Å². The highest BCUT2D eigenvalue weighted by atomic mass is 15.2. The molecule has 0 spiro atoms. The second-order valence-corrected chi connectivity index (χ2v) is 5.08. The van der Waals surface area contributed by atoms with Gasteiger partial charge in [0.15, 0.2) is 0 Å². The maximum Gasteiger partial charge on any atom is 0.00246 e. The average Bonchev–Trinajstić information content (AvgIpc) is 2.46.